The molecule has 0 spiro atoms. The Labute approximate surface area is 107 Å². The normalized spacial score (nSPS) is 9.56. The van der Waals surface area contributed by atoms with Gasteiger partial charge < -0.3 is 0 Å². The Bertz CT molecular complexity index is 471. The third-order valence-electron chi connectivity index (χ3n) is 1.80. The number of hydrogen-bond donors (Lipinski definition) is 1. The lowest BCUT2D eigenvalue weighted by Gasteiger charge is -2.00. The van der Waals surface area contributed by atoms with Crippen LogP contribution < -0.4 is 0 Å². The number of H-pyrrole nitrogens is 1. The Kier molecular flexibility index (Phi) is 4.96. The fourth-order valence-corrected chi connectivity index (χ4v) is 1.73. The molecule has 86 valence electrons. The summed E-state index contributed by atoms with van der Waals surface area (Å²) in [5.41, 5.74) is 1.58. The Morgan fingerprint density at radius 1 is 1.38 bits per heavy atom. The lowest BCUT2D eigenvalue weighted by molar-refractivity contribution is 0.628. The summed E-state index contributed by atoms with van der Waals surface area (Å²) in [6.45, 7) is 4.00. The molecule has 0 saturated heterocycles. The molecule has 0 aliphatic carbocycles. The predicted octanol–water partition coefficient (Wildman–Crippen LogP) is 4.66. The van der Waals surface area contributed by atoms with Gasteiger partial charge in [-0.2, -0.15) is 5.10 Å². The second kappa shape index (κ2) is 6.01. The lowest BCUT2D eigenvalue weighted by atomic mass is 10.1. The van der Waals surface area contributed by atoms with E-state index in [-0.39, 0.29) is 5.02 Å². The van der Waals surface area contributed by atoms with E-state index in [1.165, 1.54) is 6.07 Å². The topological polar surface area (TPSA) is 28.7 Å². The first-order chi connectivity index (χ1) is 7.68. The Morgan fingerprint density at radius 3 is 2.56 bits per heavy atom. The average Bonchev–Trinajstić information content (AvgIpc) is 2.72. The number of nitrogens with one attached hydrogen (secondary N) is 1. The fraction of sp³-hybridized carbons (Fsp3) is 0.182. The minimum Gasteiger partial charge on any atom is -0.277 e. The van der Waals surface area contributed by atoms with Crippen LogP contribution in [-0.2, 0) is 0 Å². The van der Waals surface area contributed by atoms with E-state index in [1.807, 2.05) is 13.8 Å². The largest absolute Gasteiger partial charge is 0.277 e. The first kappa shape index (κ1) is 13.2. The van der Waals surface area contributed by atoms with Crippen molar-refractivity contribution in [1.82, 2.24) is 10.2 Å². The molecule has 5 heteroatoms. The smallest absolute Gasteiger partial charge is 0.141 e. The Morgan fingerprint density at radius 2 is 2.06 bits per heavy atom. The highest BCUT2D eigenvalue weighted by Gasteiger charge is 2.07. The summed E-state index contributed by atoms with van der Waals surface area (Å²) < 4.78 is 13.7. The third kappa shape index (κ3) is 2.83. The first-order valence-electron chi connectivity index (χ1n) is 4.83. The standard InChI is InChI=1S/C9H5BrClFN2.C2H6/c10-6-4-13-14-9(6)5-1-2-8(12)7(11)3-5;1-2/h1-4H,(H,13,14);1-2H3. The van der Waals surface area contributed by atoms with E-state index in [0.717, 1.165) is 15.7 Å². The van der Waals surface area contributed by atoms with E-state index in [1.54, 1.807) is 18.3 Å². The van der Waals surface area contributed by atoms with Crippen molar-refractivity contribution < 1.29 is 4.39 Å². The molecular weight excluding hydrogens is 294 g/mol. The molecule has 0 radical (unpaired) electrons. The summed E-state index contributed by atoms with van der Waals surface area (Å²) in [7, 11) is 0. The molecule has 2 aromatic rings. The highest BCUT2D eigenvalue weighted by Crippen LogP contribution is 2.28. The molecule has 1 aromatic carbocycles. The molecule has 2 nitrogen and oxygen atoms in total. The van der Waals surface area contributed by atoms with Gasteiger partial charge in [-0.05, 0) is 34.1 Å². The molecule has 1 heterocycles. The number of hydrogen-bond acceptors (Lipinski definition) is 1. The average molecular weight is 306 g/mol. The maximum Gasteiger partial charge on any atom is 0.141 e. The van der Waals surface area contributed by atoms with Crippen LogP contribution >= 0.6 is 27.5 Å². The molecule has 0 fully saturated rings. The van der Waals surface area contributed by atoms with Crippen LogP contribution in [0.4, 0.5) is 4.39 Å². The van der Waals surface area contributed by atoms with E-state index in [0.29, 0.717) is 0 Å². The zero-order valence-electron chi connectivity index (χ0n) is 8.89. The summed E-state index contributed by atoms with van der Waals surface area (Å²) in [6, 6.07) is 4.51. The molecule has 1 N–H and O–H groups in total. The Hall–Kier alpha value is -0.870. The molecule has 0 saturated carbocycles. The van der Waals surface area contributed by atoms with Crippen LogP contribution in [0.2, 0.25) is 5.02 Å². The van der Waals surface area contributed by atoms with Crippen LogP contribution in [0.25, 0.3) is 11.3 Å². The quantitative estimate of drug-likeness (QED) is 0.815. The van der Waals surface area contributed by atoms with E-state index in [4.69, 9.17) is 11.6 Å². The van der Waals surface area contributed by atoms with Crippen LogP contribution in [0.15, 0.2) is 28.9 Å². The van der Waals surface area contributed by atoms with Gasteiger partial charge >= 0.3 is 0 Å². The van der Waals surface area contributed by atoms with Crippen LogP contribution in [0, 0.1) is 5.82 Å². The van der Waals surface area contributed by atoms with Crippen molar-refractivity contribution in [2.45, 2.75) is 13.8 Å². The number of aromatic amines is 1. The zero-order chi connectivity index (χ0) is 12.1. The van der Waals surface area contributed by atoms with Crippen LogP contribution in [0.1, 0.15) is 13.8 Å². The highest BCUT2D eigenvalue weighted by molar-refractivity contribution is 9.10. The summed E-state index contributed by atoms with van der Waals surface area (Å²) in [6.07, 6.45) is 1.63. The molecule has 0 aliphatic rings. The van der Waals surface area contributed by atoms with Gasteiger partial charge in [0.15, 0.2) is 0 Å². The van der Waals surface area contributed by atoms with Crippen LogP contribution in [0.3, 0.4) is 0 Å². The number of nitrogens with zero attached hydrogens (tertiary/aromatic N) is 1. The van der Waals surface area contributed by atoms with Crippen LogP contribution in [-0.4, -0.2) is 10.2 Å². The van der Waals surface area contributed by atoms with E-state index < -0.39 is 5.82 Å². The van der Waals surface area contributed by atoms with Crippen LogP contribution in [0.5, 0.6) is 0 Å². The zero-order valence-corrected chi connectivity index (χ0v) is 11.2. The molecule has 0 amide bonds. The molecular formula is C11H11BrClFN2. The number of benzene rings is 1. The van der Waals surface area contributed by atoms with Gasteiger partial charge in [-0.1, -0.05) is 25.4 Å². The molecule has 0 atom stereocenters. The van der Waals surface area contributed by atoms with Gasteiger partial charge in [-0.15, -0.1) is 0 Å². The second-order valence-electron chi connectivity index (χ2n) is 2.72. The number of rotatable bonds is 1. The van der Waals surface area contributed by atoms with Crippen molar-refractivity contribution in [1.29, 1.82) is 0 Å². The fourth-order valence-electron chi connectivity index (χ4n) is 1.13. The summed E-state index contributed by atoms with van der Waals surface area (Å²) >= 11 is 8.97. The van der Waals surface area contributed by atoms with Gasteiger partial charge in [0.2, 0.25) is 0 Å². The second-order valence-corrected chi connectivity index (χ2v) is 3.98. The van der Waals surface area contributed by atoms with Crippen molar-refractivity contribution >= 4 is 27.5 Å². The maximum absolute atomic E-state index is 12.9. The van der Waals surface area contributed by atoms with E-state index in [2.05, 4.69) is 26.1 Å². The number of halogens is 3. The van der Waals surface area contributed by atoms with Crippen molar-refractivity contribution in [2.75, 3.05) is 0 Å². The van der Waals surface area contributed by atoms with Crippen molar-refractivity contribution in [3.63, 3.8) is 0 Å². The summed E-state index contributed by atoms with van der Waals surface area (Å²) in [5.74, 6) is -0.425. The molecule has 0 aliphatic heterocycles. The minimum absolute atomic E-state index is 0.101. The van der Waals surface area contributed by atoms with Crippen molar-refractivity contribution in [3.05, 3.63) is 39.7 Å². The minimum atomic E-state index is -0.425. The first-order valence-corrected chi connectivity index (χ1v) is 6.00. The maximum atomic E-state index is 12.9. The van der Waals surface area contributed by atoms with Gasteiger partial charge in [-0.3, -0.25) is 5.10 Å². The van der Waals surface area contributed by atoms with Gasteiger partial charge in [0, 0.05) is 5.56 Å². The van der Waals surface area contributed by atoms with E-state index in [9.17, 15) is 4.39 Å². The predicted molar refractivity (Wildman–Crippen MR) is 68.0 cm³/mol. The molecule has 16 heavy (non-hydrogen) atoms. The summed E-state index contributed by atoms with van der Waals surface area (Å²) in [5, 5.41) is 6.73. The monoisotopic (exact) mass is 304 g/mol. The van der Waals surface area contributed by atoms with Gasteiger partial charge in [0.1, 0.15) is 5.82 Å². The molecule has 0 bridgehead atoms. The van der Waals surface area contributed by atoms with Gasteiger partial charge in [0.25, 0.3) is 0 Å². The summed E-state index contributed by atoms with van der Waals surface area (Å²) in [4.78, 5) is 0. The number of aromatic nitrogens is 2. The lowest BCUT2D eigenvalue weighted by Crippen LogP contribution is -1.82. The third-order valence-corrected chi connectivity index (χ3v) is 2.69. The highest BCUT2D eigenvalue weighted by atomic mass is 79.9. The molecule has 1 aromatic heterocycles. The van der Waals surface area contributed by atoms with Gasteiger partial charge in [0.05, 0.1) is 21.4 Å². The molecule has 2 rings (SSSR count). The van der Waals surface area contributed by atoms with Gasteiger partial charge in [-0.25, -0.2) is 4.39 Å². The van der Waals surface area contributed by atoms with Crippen molar-refractivity contribution in [2.24, 2.45) is 0 Å². The van der Waals surface area contributed by atoms with E-state index >= 15 is 0 Å². The van der Waals surface area contributed by atoms with Crippen molar-refractivity contribution in [3.8, 4) is 11.3 Å². The molecule has 0 unspecified atom stereocenters. The SMILES string of the molecule is CC.Fc1ccc(-c2[nH]ncc2Br)cc1Cl. The Balaban J connectivity index is 0.000000606.